The van der Waals surface area contributed by atoms with E-state index in [1.54, 1.807) is 17.4 Å². The summed E-state index contributed by atoms with van der Waals surface area (Å²) < 4.78 is 0. The molecular weight excluding hydrogens is 272 g/mol. The van der Waals surface area contributed by atoms with E-state index >= 15 is 0 Å². The maximum Gasteiger partial charge on any atom is 0.328 e. The third-order valence-electron chi connectivity index (χ3n) is 3.69. The number of nitrogens with zero attached hydrogens (tertiary/aromatic N) is 2. The molecule has 0 bridgehead atoms. The van der Waals surface area contributed by atoms with Crippen LogP contribution in [0.5, 0.6) is 0 Å². The molecule has 110 valence electrons. The molecule has 0 atom stereocenters. The van der Waals surface area contributed by atoms with Crippen molar-refractivity contribution in [2.24, 2.45) is 0 Å². The van der Waals surface area contributed by atoms with Gasteiger partial charge in [0.15, 0.2) is 0 Å². The quantitative estimate of drug-likeness (QED) is 0.847. The van der Waals surface area contributed by atoms with E-state index in [-0.39, 0.29) is 0 Å². The molecule has 0 spiro atoms. The molecule has 2 rings (SSSR count). The largest absolute Gasteiger partial charge is 0.478 e. The number of carbonyl (C=O) groups is 1. The van der Waals surface area contributed by atoms with Crippen molar-refractivity contribution in [1.82, 2.24) is 9.80 Å². The van der Waals surface area contributed by atoms with Gasteiger partial charge < -0.3 is 5.11 Å². The van der Waals surface area contributed by atoms with Gasteiger partial charge in [-0.05, 0) is 36.9 Å². The van der Waals surface area contributed by atoms with Crippen LogP contribution in [0, 0.1) is 0 Å². The number of aliphatic carboxylic acids is 1. The summed E-state index contributed by atoms with van der Waals surface area (Å²) in [5.41, 5.74) is 1.03. The van der Waals surface area contributed by atoms with Crippen LogP contribution in [-0.4, -0.2) is 53.1 Å². The summed E-state index contributed by atoms with van der Waals surface area (Å²) in [6, 6.07) is 2.61. The van der Waals surface area contributed by atoms with Crippen LogP contribution >= 0.6 is 11.3 Å². The number of piperazine rings is 1. The lowest BCUT2D eigenvalue weighted by Gasteiger charge is -2.36. The Kier molecular flexibility index (Phi) is 5.34. The van der Waals surface area contributed by atoms with E-state index < -0.39 is 5.97 Å². The average Bonchev–Trinajstić information content (AvgIpc) is 2.84. The summed E-state index contributed by atoms with van der Waals surface area (Å²) in [5.74, 6) is -0.896. The molecule has 0 amide bonds. The first-order chi connectivity index (χ1) is 9.56. The molecule has 1 aliphatic rings. The van der Waals surface area contributed by atoms with Crippen molar-refractivity contribution in [1.29, 1.82) is 0 Å². The maximum absolute atomic E-state index is 10.6. The minimum atomic E-state index is -0.896. The zero-order valence-electron chi connectivity index (χ0n) is 12.1. The molecule has 5 heteroatoms. The average molecular weight is 294 g/mol. The monoisotopic (exact) mass is 294 g/mol. The minimum Gasteiger partial charge on any atom is -0.478 e. The van der Waals surface area contributed by atoms with Crippen molar-refractivity contribution in [3.63, 3.8) is 0 Å². The summed E-state index contributed by atoms with van der Waals surface area (Å²) in [6.45, 7) is 9.79. The van der Waals surface area contributed by atoms with Gasteiger partial charge in [0.1, 0.15) is 0 Å². The van der Waals surface area contributed by atoms with Crippen molar-refractivity contribution >= 4 is 23.4 Å². The van der Waals surface area contributed by atoms with Crippen molar-refractivity contribution in [2.75, 3.05) is 26.2 Å². The lowest BCUT2D eigenvalue weighted by molar-refractivity contribution is -0.131. The van der Waals surface area contributed by atoms with Gasteiger partial charge >= 0.3 is 5.97 Å². The Bertz CT molecular complexity index is 474. The highest BCUT2D eigenvalue weighted by Crippen LogP contribution is 2.21. The van der Waals surface area contributed by atoms with E-state index in [1.165, 1.54) is 11.0 Å². The molecule has 1 aliphatic heterocycles. The van der Waals surface area contributed by atoms with Crippen LogP contribution in [0.4, 0.5) is 0 Å². The normalized spacial score (nSPS) is 18.1. The molecule has 0 saturated carbocycles. The molecule has 0 radical (unpaired) electrons. The Morgan fingerprint density at radius 2 is 2.10 bits per heavy atom. The SMILES string of the molecule is CC(C)N1CCN(Cc2sccc2C=CC(=O)O)CC1. The van der Waals surface area contributed by atoms with E-state index in [4.69, 9.17) is 5.11 Å². The van der Waals surface area contributed by atoms with Crippen molar-refractivity contribution in [3.8, 4) is 0 Å². The van der Waals surface area contributed by atoms with Crippen LogP contribution in [0.15, 0.2) is 17.5 Å². The van der Waals surface area contributed by atoms with E-state index in [0.717, 1.165) is 38.3 Å². The molecular formula is C15H22N2O2S. The third-order valence-corrected chi connectivity index (χ3v) is 4.61. The lowest BCUT2D eigenvalue weighted by Crippen LogP contribution is -2.48. The summed E-state index contributed by atoms with van der Waals surface area (Å²) in [4.78, 5) is 16.8. The fraction of sp³-hybridized carbons (Fsp3) is 0.533. The van der Waals surface area contributed by atoms with E-state index in [0.29, 0.717) is 6.04 Å². The van der Waals surface area contributed by atoms with E-state index in [9.17, 15) is 4.79 Å². The first kappa shape index (κ1) is 15.2. The van der Waals surface area contributed by atoms with Crippen LogP contribution in [0.1, 0.15) is 24.3 Å². The molecule has 0 aromatic carbocycles. The van der Waals surface area contributed by atoms with Crippen LogP contribution in [-0.2, 0) is 11.3 Å². The Hall–Kier alpha value is -1.17. The highest BCUT2D eigenvalue weighted by molar-refractivity contribution is 7.10. The molecule has 2 heterocycles. The topological polar surface area (TPSA) is 43.8 Å². The molecule has 1 aromatic rings. The van der Waals surface area contributed by atoms with Crippen LogP contribution < -0.4 is 0 Å². The molecule has 0 unspecified atom stereocenters. The highest BCUT2D eigenvalue weighted by Gasteiger charge is 2.19. The molecule has 4 nitrogen and oxygen atoms in total. The zero-order valence-corrected chi connectivity index (χ0v) is 12.9. The zero-order chi connectivity index (χ0) is 14.5. The van der Waals surface area contributed by atoms with Crippen molar-refractivity contribution < 1.29 is 9.90 Å². The Labute approximate surface area is 124 Å². The predicted molar refractivity (Wildman–Crippen MR) is 83.0 cm³/mol. The van der Waals surface area contributed by atoms with Gasteiger partial charge in [0.25, 0.3) is 0 Å². The summed E-state index contributed by atoms with van der Waals surface area (Å²) in [7, 11) is 0. The predicted octanol–water partition coefficient (Wildman–Crippen LogP) is 2.37. The second kappa shape index (κ2) is 7.02. The third kappa shape index (κ3) is 4.16. The molecule has 20 heavy (non-hydrogen) atoms. The molecule has 1 aromatic heterocycles. The minimum absolute atomic E-state index is 0.618. The van der Waals surface area contributed by atoms with Gasteiger partial charge in [0.2, 0.25) is 0 Å². The second-order valence-corrected chi connectivity index (χ2v) is 6.38. The first-order valence-corrected chi connectivity index (χ1v) is 7.88. The first-order valence-electron chi connectivity index (χ1n) is 7.00. The second-order valence-electron chi connectivity index (χ2n) is 5.38. The van der Waals surface area contributed by atoms with Gasteiger partial charge in [-0.1, -0.05) is 0 Å². The molecule has 1 fully saturated rings. The van der Waals surface area contributed by atoms with Crippen LogP contribution in [0.2, 0.25) is 0 Å². The van der Waals surface area contributed by atoms with Gasteiger partial charge in [-0.2, -0.15) is 0 Å². The highest BCUT2D eigenvalue weighted by atomic mass is 32.1. The summed E-state index contributed by atoms with van der Waals surface area (Å²) in [6.07, 6.45) is 2.90. The fourth-order valence-electron chi connectivity index (χ4n) is 2.43. The van der Waals surface area contributed by atoms with E-state index in [2.05, 4.69) is 23.6 Å². The van der Waals surface area contributed by atoms with Gasteiger partial charge in [-0.15, -0.1) is 11.3 Å². The van der Waals surface area contributed by atoms with Gasteiger partial charge in [-0.3, -0.25) is 9.80 Å². The van der Waals surface area contributed by atoms with Gasteiger partial charge in [-0.25, -0.2) is 4.79 Å². The summed E-state index contributed by atoms with van der Waals surface area (Å²) in [5, 5.41) is 10.7. The maximum atomic E-state index is 10.6. The molecule has 0 aliphatic carbocycles. The molecule has 1 N–H and O–H groups in total. The number of carboxylic acids is 1. The number of rotatable bonds is 5. The lowest BCUT2D eigenvalue weighted by atomic mass is 10.2. The smallest absolute Gasteiger partial charge is 0.328 e. The summed E-state index contributed by atoms with van der Waals surface area (Å²) >= 11 is 1.70. The number of carboxylic acid groups (broad SMARTS) is 1. The van der Waals surface area contributed by atoms with Crippen molar-refractivity contribution in [3.05, 3.63) is 28.0 Å². The Balaban J connectivity index is 1.92. The standard InChI is InChI=1S/C15H22N2O2S/c1-12(2)17-8-6-16(7-9-17)11-14-13(5-10-20-14)3-4-15(18)19/h3-5,10,12H,6-9,11H2,1-2H3,(H,18,19). The number of hydrogen-bond donors (Lipinski definition) is 1. The van der Waals surface area contributed by atoms with Crippen molar-refractivity contribution in [2.45, 2.75) is 26.4 Å². The molecule has 1 saturated heterocycles. The van der Waals surface area contributed by atoms with E-state index in [1.807, 2.05) is 11.4 Å². The fourth-order valence-corrected chi connectivity index (χ4v) is 3.34. The number of hydrogen-bond acceptors (Lipinski definition) is 4. The number of thiophene rings is 1. The van der Waals surface area contributed by atoms with Crippen LogP contribution in [0.3, 0.4) is 0 Å². The van der Waals surface area contributed by atoms with Crippen LogP contribution in [0.25, 0.3) is 6.08 Å². The Morgan fingerprint density at radius 3 is 2.70 bits per heavy atom. The Morgan fingerprint density at radius 1 is 1.40 bits per heavy atom. The van der Waals surface area contributed by atoms with Gasteiger partial charge in [0, 0.05) is 49.7 Å². The van der Waals surface area contributed by atoms with Gasteiger partial charge in [0.05, 0.1) is 0 Å².